The van der Waals surface area contributed by atoms with Crippen molar-refractivity contribution in [3.8, 4) is 0 Å². The van der Waals surface area contributed by atoms with Crippen molar-refractivity contribution in [3.05, 3.63) is 76.9 Å². The fraction of sp³-hybridized carbons (Fsp3) is 0.0556. The molecule has 2 N–H and O–H groups in total. The Morgan fingerprint density at radius 2 is 1.75 bits per heavy atom. The van der Waals surface area contributed by atoms with Gasteiger partial charge in [0.15, 0.2) is 11.5 Å². The van der Waals surface area contributed by atoms with Crippen LogP contribution in [0.3, 0.4) is 0 Å². The third kappa shape index (κ3) is 4.08. The Hall–Kier alpha value is -2.92. The third-order valence-corrected chi connectivity index (χ3v) is 3.54. The highest BCUT2D eigenvalue weighted by molar-refractivity contribution is 6.30. The van der Waals surface area contributed by atoms with E-state index in [2.05, 4.69) is 20.8 Å². The van der Waals surface area contributed by atoms with Gasteiger partial charge >= 0.3 is 0 Å². The average molecular weight is 339 g/mol. The summed E-state index contributed by atoms with van der Waals surface area (Å²) in [6.45, 7) is 1.99. The number of amides is 1. The highest BCUT2D eigenvalue weighted by Crippen LogP contribution is 2.18. The van der Waals surface area contributed by atoms with Crippen molar-refractivity contribution < 1.29 is 4.79 Å². The van der Waals surface area contributed by atoms with Gasteiger partial charge in [-0.05, 0) is 49.4 Å². The number of hydrogen-bond donors (Lipinski definition) is 2. The summed E-state index contributed by atoms with van der Waals surface area (Å²) < 4.78 is 0. The number of aryl methyl sites for hydroxylation is 1. The normalized spacial score (nSPS) is 10.2. The van der Waals surface area contributed by atoms with Crippen molar-refractivity contribution in [2.45, 2.75) is 6.92 Å². The number of benzene rings is 2. The van der Waals surface area contributed by atoms with E-state index in [1.807, 2.05) is 43.3 Å². The van der Waals surface area contributed by atoms with Crippen LogP contribution in [0.1, 0.15) is 16.1 Å². The van der Waals surface area contributed by atoms with E-state index in [-0.39, 0.29) is 11.6 Å². The number of carbonyl (C=O) groups is 1. The molecule has 0 bridgehead atoms. The van der Waals surface area contributed by atoms with E-state index in [1.165, 1.54) is 0 Å². The SMILES string of the molecule is Cc1ccc(NC(=O)c2ccc(Nc3cccc(Cl)c3)nn2)cc1. The summed E-state index contributed by atoms with van der Waals surface area (Å²) >= 11 is 5.94. The molecule has 1 heterocycles. The Bertz CT molecular complexity index is 848. The van der Waals surface area contributed by atoms with Gasteiger partial charge in [-0.1, -0.05) is 35.4 Å². The minimum atomic E-state index is -0.305. The lowest BCUT2D eigenvalue weighted by molar-refractivity contribution is 0.102. The standard InChI is InChI=1S/C18H15ClN4O/c1-12-5-7-14(8-6-12)21-18(24)16-9-10-17(23-22-16)20-15-4-2-3-13(19)11-15/h2-11H,1H3,(H,20,23)(H,21,24). The zero-order valence-corrected chi connectivity index (χ0v) is 13.7. The number of nitrogens with one attached hydrogen (secondary N) is 2. The van der Waals surface area contributed by atoms with E-state index in [0.29, 0.717) is 16.5 Å². The van der Waals surface area contributed by atoms with Crippen LogP contribution in [0.2, 0.25) is 5.02 Å². The molecule has 5 nitrogen and oxygen atoms in total. The maximum absolute atomic E-state index is 12.2. The molecule has 3 aromatic rings. The number of rotatable bonds is 4. The fourth-order valence-electron chi connectivity index (χ4n) is 2.07. The summed E-state index contributed by atoms with van der Waals surface area (Å²) in [6, 6.07) is 18.1. The lowest BCUT2D eigenvalue weighted by atomic mass is 10.2. The zero-order valence-electron chi connectivity index (χ0n) is 13.0. The summed E-state index contributed by atoms with van der Waals surface area (Å²) in [7, 11) is 0. The molecule has 0 spiro atoms. The minimum Gasteiger partial charge on any atom is -0.339 e. The molecule has 0 atom stereocenters. The monoisotopic (exact) mass is 338 g/mol. The van der Waals surface area contributed by atoms with Crippen LogP contribution in [0, 0.1) is 6.92 Å². The van der Waals surface area contributed by atoms with Crippen molar-refractivity contribution >= 4 is 34.7 Å². The van der Waals surface area contributed by atoms with E-state index in [9.17, 15) is 4.79 Å². The molecular weight excluding hydrogens is 324 g/mol. The second kappa shape index (κ2) is 7.10. The van der Waals surface area contributed by atoms with Gasteiger partial charge in [-0.15, -0.1) is 10.2 Å². The number of halogens is 1. The van der Waals surface area contributed by atoms with E-state index in [4.69, 9.17) is 11.6 Å². The maximum Gasteiger partial charge on any atom is 0.276 e. The van der Waals surface area contributed by atoms with E-state index < -0.39 is 0 Å². The number of anilines is 3. The van der Waals surface area contributed by atoms with Crippen molar-refractivity contribution in [1.82, 2.24) is 10.2 Å². The van der Waals surface area contributed by atoms with Gasteiger partial charge in [-0.2, -0.15) is 0 Å². The molecule has 0 saturated carbocycles. The molecule has 0 fully saturated rings. The Balaban J connectivity index is 1.67. The molecule has 1 amide bonds. The van der Waals surface area contributed by atoms with E-state index in [1.54, 1.807) is 24.3 Å². The van der Waals surface area contributed by atoms with Crippen LogP contribution in [0.5, 0.6) is 0 Å². The predicted molar refractivity (Wildman–Crippen MR) is 95.9 cm³/mol. The van der Waals surface area contributed by atoms with Crippen LogP contribution in [0.25, 0.3) is 0 Å². The summed E-state index contributed by atoms with van der Waals surface area (Å²) in [5, 5.41) is 14.5. The lowest BCUT2D eigenvalue weighted by Gasteiger charge is -2.07. The second-order valence-electron chi connectivity index (χ2n) is 5.26. The van der Waals surface area contributed by atoms with Gasteiger partial charge in [0, 0.05) is 16.4 Å². The van der Waals surface area contributed by atoms with Crippen LogP contribution >= 0.6 is 11.6 Å². The van der Waals surface area contributed by atoms with Gasteiger partial charge in [-0.25, -0.2) is 0 Å². The first kappa shape index (κ1) is 16.0. The molecule has 0 radical (unpaired) electrons. The first-order valence-electron chi connectivity index (χ1n) is 7.34. The zero-order chi connectivity index (χ0) is 16.9. The van der Waals surface area contributed by atoms with Crippen molar-refractivity contribution in [2.24, 2.45) is 0 Å². The van der Waals surface area contributed by atoms with Crippen molar-refractivity contribution in [3.63, 3.8) is 0 Å². The molecule has 24 heavy (non-hydrogen) atoms. The van der Waals surface area contributed by atoms with E-state index in [0.717, 1.165) is 11.3 Å². The molecule has 2 aromatic carbocycles. The van der Waals surface area contributed by atoms with Gasteiger partial charge in [0.05, 0.1) is 0 Å². The summed E-state index contributed by atoms with van der Waals surface area (Å²) in [4.78, 5) is 12.2. The lowest BCUT2D eigenvalue weighted by Crippen LogP contribution is -2.14. The van der Waals surface area contributed by atoms with Crippen LogP contribution in [0.4, 0.5) is 17.2 Å². The van der Waals surface area contributed by atoms with Gasteiger partial charge in [0.2, 0.25) is 0 Å². The Kier molecular flexibility index (Phi) is 4.72. The molecule has 3 rings (SSSR count). The predicted octanol–water partition coefficient (Wildman–Crippen LogP) is 4.43. The second-order valence-corrected chi connectivity index (χ2v) is 5.70. The molecule has 0 saturated heterocycles. The number of carbonyl (C=O) groups excluding carboxylic acids is 1. The molecular formula is C18H15ClN4O. The van der Waals surface area contributed by atoms with Crippen LogP contribution in [-0.2, 0) is 0 Å². The molecule has 0 unspecified atom stereocenters. The van der Waals surface area contributed by atoms with Gasteiger partial charge < -0.3 is 10.6 Å². The highest BCUT2D eigenvalue weighted by Gasteiger charge is 2.09. The van der Waals surface area contributed by atoms with Crippen molar-refractivity contribution in [1.29, 1.82) is 0 Å². The van der Waals surface area contributed by atoms with Crippen LogP contribution in [0.15, 0.2) is 60.7 Å². The number of aromatic nitrogens is 2. The molecule has 0 aliphatic heterocycles. The maximum atomic E-state index is 12.2. The van der Waals surface area contributed by atoms with Crippen LogP contribution in [-0.4, -0.2) is 16.1 Å². The molecule has 1 aromatic heterocycles. The molecule has 0 aliphatic carbocycles. The Morgan fingerprint density at radius 1 is 0.958 bits per heavy atom. The van der Waals surface area contributed by atoms with Crippen LogP contribution < -0.4 is 10.6 Å². The topological polar surface area (TPSA) is 66.9 Å². The Labute approximate surface area is 144 Å². The quantitative estimate of drug-likeness (QED) is 0.738. The first-order valence-corrected chi connectivity index (χ1v) is 7.72. The highest BCUT2D eigenvalue weighted by atomic mass is 35.5. The van der Waals surface area contributed by atoms with Crippen molar-refractivity contribution in [2.75, 3.05) is 10.6 Å². The van der Waals surface area contributed by atoms with Gasteiger partial charge in [0.1, 0.15) is 0 Å². The number of nitrogens with zero attached hydrogens (tertiary/aromatic N) is 2. The summed E-state index contributed by atoms with van der Waals surface area (Å²) in [5.74, 6) is 0.227. The average Bonchev–Trinajstić information content (AvgIpc) is 2.57. The summed E-state index contributed by atoms with van der Waals surface area (Å²) in [6.07, 6.45) is 0. The summed E-state index contributed by atoms with van der Waals surface area (Å²) in [5.41, 5.74) is 2.89. The van der Waals surface area contributed by atoms with Gasteiger partial charge in [0.25, 0.3) is 5.91 Å². The molecule has 0 aliphatic rings. The molecule has 6 heteroatoms. The van der Waals surface area contributed by atoms with E-state index >= 15 is 0 Å². The minimum absolute atomic E-state index is 0.243. The smallest absolute Gasteiger partial charge is 0.276 e. The number of hydrogen-bond acceptors (Lipinski definition) is 4. The Morgan fingerprint density at radius 3 is 2.42 bits per heavy atom. The van der Waals surface area contributed by atoms with Gasteiger partial charge in [-0.3, -0.25) is 4.79 Å². The largest absolute Gasteiger partial charge is 0.339 e. The molecule has 120 valence electrons. The first-order chi connectivity index (χ1) is 11.6. The fourth-order valence-corrected chi connectivity index (χ4v) is 2.26. The third-order valence-electron chi connectivity index (χ3n) is 3.30.